The molecule has 1 aliphatic rings. The predicted molar refractivity (Wildman–Crippen MR) is 75.0 cm³/mol. The van der Waals surface area contributed by atoms with Gasteiger partial charge in [-0.3, -0.25) is 0 Å². The van der Waals surface area contributed by atoms with E-state index in [1.807, 2.05) is 0 Å². The number of alkyl halides is 1. The van der Waals surface area contributed by atoms with Crippen molar-refractivity contribution in [3.63, 3.8) is 0 Å². The van der Waals surface area contributed by atoms with Gasteiger partial charge in [-0.15, -0.1) is 11.6 Å². The van der Waals surface area contributed by atoms with Gasteiger partial charge in [-0.25, -0.2) is 13.8 Å². The lowest BCUT2D eigenvalue weighted by Gasteiger charge is -2.31. The molecule has 1 fully saturated rings. The molecule has 3 rings (SSSR count). The summed E-state index contributed by atoms with van der Waals surface area (Å²) < 4.78 is 29.5. The van der Waals surface area contributed by atoms with Gasteiger partial charge in [-0.05, 0) is 45.1 Å². The molecular formula is C14H16ClF2N3. The van der Waals surface area contributed by atoms with Crippen LogP contribution >= 0.6 is 11.6 Å². The Labute approximate surface area is 121 Å². The van der Waals surface area contributed by atoms with Crippen molar-refractivity contribution in [1.29, 1.82) is 0 Å². The van der Waals surface area contributed by atoms with E-state index in [0.717, 1.165) is 32.0 Å². The molecule has 20 heavy (non-hydrogen) atoms. The number of likely N-dealkylation sites (tertiary alicyclic amines) is 1. The summed E-state index contributed by atoms with van der Waals surface area (Å²) in [5.41, 5.74) is 0.716. The summed E-state index contributed by atoms with van der Waals surface area (Å²) >= 11 is 5.93. The summed E-state index contributed by atoms with van der Waals surface area (Å²) in [4.78, 5) is 6.57. The fourth-order valence-electron chi connectivity index (χ4n) is 2.91. The van der Waals surface area contributed by atoms with Gasteiger partial charge in [0, 0.05) is 6.04 Å². The van der Waals surface area contributed by atoms with E-state index in [0.29, 0.717) is 11.3 Å². The lowest BCUT2D eigenvalue weighted by Crippen LogP contribution is -2.32. The lowest BCUT2D eigenvalue weighted by atomic mass is 10.0. The van der Waals surface area contributed by atoms with Gasteiger partial charge in [-0.1, -0.05) is 0 Å². The number of hydrogen-bond donors (Lipinski definition) is 0. The Balaban J connectivity index is 2.14. The van der Waals surface area contributed by atoms with E-state index in [-0.39, 0.29) is 17.4 Å². The molecule has 0 bridgehead atoms. The molecule has 1 aliphatic heterocycles. The Morgan fingerprint density at radius 1 is 1.30 bits per heavy atom. The van der Waals surface area contributed by atoms with Crippen molar-refractivity contribution in [2.75, 3.05) is 20.1 Å². The van der Waals surface area contributed by atoms with Crippen LogP contribution in [0.2, 0.25) is 0 Å². The minimum Gasteiger partial charge on any atom is -0.321 e. The molecule has 1 aromatic carbocycles. The van der Waals surface area contributed by atoms with Crippen LogP contribution in [0.5, 0.6) is 0 Å². The molecule has 0 atom stereocenters. The molecule has 0 N–H and O–H groups in total. The molecule has 6 heteroatoms. The van der Waals surface area contributed by atoms with Crippen LogP contribution in [0.25, 0.3) is 11.0 Å². The number of benzene rings is 1. The molecule has 2 aromatic rings. The van der Waals surface area contributed by atoms with Crippen molar-refractivity contribution in [2.45, 2.75) is 24.8 Å². The summed E-state index contributed by atoms with van der Waals surface area (Å²) in [6.45, 7) is 1.87. The third-order valence-corrected chi connectivity index (χ3v) is 4.23. The molecule has 3 nitrogen and oxygen atoms in total. The highest BCUT2D eigenvalue weighted by molar-refractivity contribution is 6.16. The van der Waals surface area contributed by atoms with E-state index >= 15 is 0 Å². The zero-order chi connectivity index (χ0) is 14.3. The second-order valence-electron chi connectivity index (χ2n) is 5.30. The van der Waals surface area contributed by atoms with Gasteiger partial charge in [-0.2, -0.15) is 0 Å². The Kier molecular flexibility index (Phi) is 3.65. The molecule has 1 aromatic heterocycles. The van der Waals surface area contributed by atoms with Crippen molar-refractivity contribution < 1.29 is 8.78 Å². The Bertz CT molecular complexity index is 633. The van der Waals surface area contributed by atoms with Crippen molar-refractivity contribution in [1.82, 2.24) is 14.5 Å². The first-order chi connectivity index (χ1) is 9.61. The minimum atomic E-state index is -0.840. The maximum atomic E-state index is 14.2. The average molecular weight is 300 g/mol. The third-order valence-electron chi connectivity index (χ3n) is 3.99. The summed E-state index contributed by atoms with van der Waals surface area (Å²) in [6.07, 6.45) is 1.78. The van der Waals surface area contributed by atoms with Crippen LogP contribution in [0.1, 0.15) is 24.7 Å². The molecular weight excluding hydrogens is 284 g/mol. The maximum Gasteiger partial charge on any atom is 0.184 e. The van der Waals surface area contributed by atoms with Crippen LogP contribution in [0.4, 0.5) is 8.78 Å². The summed E-state index contributed by atoms with van der Waals surface area (Å²) in [6, 6.07) is 2.75. The summed E-state index contributed by atoms with van der Waals surface area (Å²) in [5, 5.41) is 0. The van der Waals surface area contributed by atoms with Crippen LogP contribution in [-0.4, -0.2) is 34.6 Å². The topological polar surface area (TPSA) is 21.1 Å². The summed E-state index contributed by atoms with van der Waals surface area (Å²) in [7, 11) is 2.06. The molecule has 0 radical (unpaired) electrons. The van der Waals surface area contributed by atoms with E-state index in [4.69, 9.17) is 11.6 Å². The zero-order valence-corrected chi connectivity index (χ0v) is 12.0. The molecule has 0 amide bonds. The fourth-order valence-corrected chi connectivity index (χ4v) is 3.10. The largest absolute Gasteiger partial charge is 0.321 e. The number of piperidine rings is 1. The van der Waals surface area contributed by atoms with E-state index in [2.05, 4.69) is 16.9 Å². The second kappa shape index (κ2) is 5.30. The molecule has 108 valence electrons. The van der Waals surface area contributed by atoms with Crippen molar-refractivity contribution in [2.24, 2.45) is 0 Å². The predicted octanol–water partition coefficient (Wildman–Crippen LogP) is 3.32. The number of halogens is 3. The van der Waals surface area contributed by atoms with Crippen molar-refractivity contribution in [3.05, 3.63) is 29.6 Å². The molecule has 0 unspecified atom stereocenters. The number of imidazole rings is 1. The van der Waals surface area contributed by atoms with Gasteiger partial charge in [0.15, 0.2) is 11.6 Å². The lowest BCUT2D eigenvalue weighted by molar-refractivity contribution is 0.221. The highest BCUT2D eigenvalue weighted by Gasteiger charge is 2.25. The normalized spacial score (nSPS) is 18.0. The van der Waals surface area contributed by atoms with Crippen LogP contribution in [0.15, 0.2) is 12.1 Å². The van der Waals surface area contributed by atoms with Gasteiger partial charge in [0.25, 0.3) is 0 Å². The summed E-state index contributed by atoms with van der Waals surface area (Å²) in [5.74, 6) is -0.860. The van der Waals surface area contributed by atoms with Crippen LogP contribution in [0.3, 0.4) is 0 Å². The Morgan fingerprint density at radius 3 is 2.65 bits per heavy atom. The monoisotopic (exact) mass is 299 g/mol. The molecule has 0 aliphatic carbocycles. The molecule has 1 saturated heterocycles. The van der Waals surface area contributed by atoms with Crippen LogP contribution in [-0.2, 0) is 5.88 Å². The fraction of sp³-hybridized carbons (Fsp3) is 0.500. The first-order valence-electron chi connectivity index (χ1n) is 6.71. The number of hydrogen-bond acceptors (Lipinski definition) is 2. The van der Waals surface area contributed by atoms with E-state index in [1.165, 1.54) is 6.07 Å². The van der Waals surface area contributed by atoms with E-state index < -0.39 is 11.6 Å². The van der Waals surface area contributed by atoms with Crippen LogP contribution < -0.4 is 0 Å². The highest BCUT2D eigenvalue weighted by Crippen LogP contribution is 2.31. The molecule has 0 saturated carbocycles. The molecule has 0 spiro atoms. The van der Waals surface area contributed by atoms with Crippen LogP contribution in [0, 0.1) is 11.6 Å². The number of nitrogens with zero attached hydrogens (tertiary/aromatic N) is 3. The maximum absolute atomic E-state index is 14.2. The third kappa shape index (κ3) is 2.19. The first-order valence-corrected chi connectivity index (χ1v) is 7.24. The van der Waals surface area contributed by atoms with E-state index in [9.17, 15) is 8.78 Å². The van der Waals surface area contributed by atoms with Gasteiger partial charge in [0.1, 0.15) is 11.3 Å². The first kappa shape index (κ1) is 13.8. The minimum absolute atomic E-state index is 0.126. The Hall–Kier alpha value is -1.20. The van der Waals surface area contributed by atoms with Gasteiger partial charge in [0.2, 0.25) is 0 Å². The van der Waals surface area contributed by atoms with E-state index in [1.54, 1.807) is 4.57 Å². The van der Waals surface area contributed by atoms with Gasteiger partial charge < -0.3 is 9.47 Å². The number of aromatic nitrogens is 2. The van der Waals surface area contributed by atoms with Gasteiger partial charge >= 0.3 is 0 Å². The smallest absolute Gasteiger partial charge is 0.184 e. The number of rotatable bonds is 2. The van der Waals surface area contributed by atoms with Crippen molar-refractivity contribution >= 4 is 22.6 Å². The number of fused-ring (bicyclic) bond motifs is 1. The highest BCUT2D eigenvalue weighted by atomic mass is 35.5. The Morgan fingerprint density at radius 2 is 2.00 bits per heavy atom. The zero-order valence-electron chi connectivity index (χ0n) is 11.2. The average Bonchev–Trinajstić information content (AvgIpc) is 2.83. The van der Waals surface area contributed by atoms with Gasteiger partial charge in [0.05, 0.1) is 11.4 Å². The standard InChI is InChI=1S/C14H16ClF2N3/c1-19-6-4-9(5-7-19)20-12(8-15)18-11-3-2-10(16)13(17)14(11)20/h2-3,9H,4-8H2,1H3. The van der Waals surface area contributed by atoms with Crippen molar-refractivity contribution in [3.8, 4) is 0 Å². The quantitative estimate of drug-likeness (QED) is 0.793. The SMILES string of the molecule is CN1CCC(n2c(CCl)nc3ccc(F)c(F)c32)CC1. The second-order valence-corrected chi connectivity index (χ2v) is 5.56. The molecule has 2 heterocycles.